The van der Waals surface area contributed by atoms with Gasteiger partial charge in [-0.15, -0.1) is 11.3 Å². The summed E-state index contributed by atoms with van der Waals surface area (Å²) in [6, 6.07) is 14.9. The molecular formula is C31H33FN6O3S. The Kier molecular flexibility index (Phi) is 8.18. The lowest BCUT2D eigenvalue weighted by atomic mass is 10.1. The van der Waals surface area contributed by atoms with Gasteiger partial charge in [-0.05, 0) is 79.8 Å². The van der Waals surface area contributed by atoms with Gasteiger partial charge in [0.1, 0.15) is 17.5 Å². The van der Waals surface area contributed by atoms with Crippen LogP contribution in [-0.2, 0) is 11.3 Å². The lowest BCUT2D eigenvalue weighted by Crippen LogP contribution is -2.43. The summed E-state index contributed by atoms with van der Waals surface area (Å²) >= 11 is 1.41. The summed E-state index contributed by atoms with van der Waals surface area (Å²) in [7, 11) is 0. The van der Waals surface area contributed by atoms with Crippen molar-refractivity contribution in [3.63, 3.8) is 0 Å². The van der Waals surface area contributed by atoms with Crippen molar-refractivity contribution in [2.75, 3.05) is 29.9 Å². The number of anilines is 2. The van der Waals surface area contributed by atoms with E-state index in [1.807, 2.05) is 22.4 Å². The van der Waals surface area contributed by atoms with E-state index in [0.29, 0.717) is 23.9 Å². The van der Waals surface area contributed by atoms with Crippen LogP contribution >= 0.6 is 11.3 Å². The van der Waals surface area contributed by atoms with Gasteiger partial charge in [-0.25, -0.2) is 9.97 Å². The molecule has 2 fully saturated rings. The van der Waals surface area contributed by atoms with Crippen LogP contribution in [0.15, 0.2) is 66.3 Å². The molecular weight excluding hydrogens is 555 g/mol. The minimum Gasteiger partial charge on any atom is -0.489 e. The first-order valence-electron chi connectivity index (χ1n) is 14.2. The van der Waals surface area contributed by atoms with Gasteiger partial charge >= 0.3 is 0 Å². The van der Waals surface area contributed by atoms with Crippen LogP contribution in [0.3, 0.4) is 0 Å². The van der Waals surface area contributed by atoms with Gasteiger partial charge < -0.3 is 19.1 Å². The van der Waals surface area contributed by atoms with Crippen LogP contribution in [0.2, 0.25) is 0 Å². The maximum atomic E-state index is 13.5. The molecule has 0 bridgehead atoms. The maximum absolute atomic E-state index is 13.5. The quantitative estimate of drug-likeness (QED) is 0.273. The molecule has 2 saturated heterocycles. The first-order chi connectivity index (χ1) is 20.4. The molecule has 4 aromatic rings. The standard InChI is InChI=1S/C31H33FN6O3S/c1-21(39)36-14-2-5-25(19-36)41-24-10-8-23(9-11-24)38-16-4-6-27(38)26-20-42-31(34-26)35-30(40)28-7-3-15-37(28)18-22-12-13-33-29(32)17-22/h3,7-13,15,17,20,25,27H,2,4-6,14,16,18-19H2,1H3,(H,34,35,40)/t25-,27+/m0/s1. The minimum atomic E-state index is -0.548. The minimum absolute atomic E-state index is 0.0122. The van der Waals surface area contributed by atoms with Gasteiger partial charge in [0.25, 0.3) is 5.91 Å². The molecule has 5 heterocycles. The number of carbonyl (C=O) groups excluding carboxylic acids is 2. The molecule has 6 rings (SSSR count). The zero-order chi connectivity index (χ0) is 29.1. The third-order valence-corrected chi connectivity index (χ3v) is 8.61. The molecule has 0 saturated carbocycles. The molecule has 3 aromatic heterocycles. The number of rotatable bonds is 8. The number of hydrogen-bond acceptors (Lipinski definition) is 7. The Bertz CT molecular complexity index is 1550. The van der Waals surface area contributed by atoms with Gasteiger partial charge in [-0.2, -0.15) is 4.39 Å². The number of thiazole rings is 1. The van der Waals surface area contributed by atoms with Crippen LogP contribution in [-0.4, -0.2) is 57.0 Å². The van der Waals surface area contributed by atoms with Gasteiger partial charge in [-0.1, -0.05) is 0 Å². The van der Waals surface area contributed by atoms with Crippen molar-refractivity contribution in [2.24, 2.45) is 0 Å². The van der Waals surface area contributed by atoms with E-state index in [4.69, 9.17) is 9.72 Å². The average Bonchev–Trinajstić information content (AvgIpc) is 3.75. The Hall–Kier alpha value is -4.25. The normalized spacial score (nSPS) is 18.7. The first-order valence-corrected chi connectivity index (χ1v) is 15.1. The smallest absolute Gasteiger partial charge is 0.274 e. The molecule has 2 atom stereocenters. The first kappa shape index (κ1) is 27.9. The number of nitrogens with one attached hydrogen (secondary N) is 1. The Morgan fingerprint density at radius 1 is 1.12 bits per heavy atom. The van der Waals surface area contributed by atoms with Crippen molar-refractivity contribution in [1.29, 1.82) is 0 Å². The molecule has 1 N–H and O–H groups in total. The predicted octanol–water partition coefficient (Wildman–Crippen LogP) is 5.51. The second kappa shape index (κ2) is 12.3. The molecule has 2 aliphatic rings. The van der Waals surface area contributed by atoms with E-state index >= 15 is 0 Å². The molecule has 0 spiro atoms. The molecule has 0 radical (unpaired) electrons. The number of ether oxygens (including phenoxy) is 1. The van der Waals surface area contributed by atoms with E-state index in [0.717, 1.165) is 61.5 Å². The SMILES string of the molecule is CC(=O)N1CCC[C@H](Oc2ccc(N3CCC[C@@H]3c3csc(NC(=O)c4cccn4Cc4ccnc(F)c4)n3)cc2)C1. The zero-order valence-corrected chi connectivity index (χ0v) is 24.2. The van der Waals surface area contributed by atoms with Crippen molar-refractivity contribution in [3.05, 3.63) is 89.2 Å². The zero-order valence-electron chi connectivity index (χ0n) is 23.4. The Balaban J connectivity index is 1.08. The van der Waals surface area contributed by atoms with Gasteiger partial charge in [0.2, 0.25) is 11.9 Å². The fourth-order valence-corrected chi connectivity index (χ4v) is 6.52. The van der Waals surface area contributed by atoms with E-state index in [1.165, 1.54) is 23.6 Å². The maximum Gasteiger partial charge on any atom is 0.274 e. The largest absolute Gasteiger partial charge is 0.489 e. The number of pyridine rings is 1. The topological polar surface area (TPSA) is 92.6 Å². The van der Waals surface area contributed by atoms with E-state index < -0.39 is 5.95 Å². The Labute approximate surface area is 248 Å². The summed E-state index contributed by atoms with van der Waals surface area (Å²) in [6.45, 7) is 4.32. The molecule has 2 amide bonds. The molecule has 1 aromatic carbocycles. The molecule has 9 nitrogen and oxygen atoms in total. The van der Waals surface area contributed by atoms with Crippen LogP contribution in [0.25, 0.3) is 0 Å². The number of nitrogens with zero attached hydrogens (tertiary/aromatic N) is 5. The second-order valence-corrected chi connectivity index (χ2v) is 11.6. The van der Waals surface area contributed by atoms with Gasteiger partial charge in [0.15, 0.2) is 5.13 Å². The lowest BCUT2D eigenvalue weighted by Gasteiger charge is -2.32. The Morgan fingerprint density at radius 2 is 1.95 bits per heavy atom. The number of halogens is 1. The summed E-state index contributed by atoms with van der Waals surface area (Å²) < 4.78 is 21.5. The average molecular weight is 589 g/mol. The highest BCUT2D eigenvalue weighted by molar-refractivity contribution is 7.14. The fourth-order valence-electron chi connectivity index (χ4n) is 5.77. The van der Waals surface area contributed by atoms with E-state index in [1.54, 1.807) is 35.9 Å². The molecule has 218 valence electrons. The van der Waals surface area contributed by atoms with Crippen molar-refractivity contribution >= 4 is 34.0 Å². The van der Waals surface area contributed by atoms with Crippen molar-refractivity contribution in [3.8, 4) is 5.75 Å². The van der Waals surface area contributed by atoms with Crippen molar-refractivity contribution in [2.45, 2.75) is 51.3 Å². The van der Waals surface area contributed by atoms with E-state index in [2.05, 4.69) is 27.3 Å². The number of amides is 2. The van der Waals surface area contributed by atoms with Gasteiger partial charge in [0.05, 0.1) is 18.3 Å². The van der Waals surface area contributed by atoms with E-state index in [9.17, 15) is 14.0 Å². The number of aromatic nitrogens is 3. The second-order valence-electron chi connectivity index (χ2n) is 10.7. The summed E-state index contributed by atoms with van der Waals surface area (Å²) in [6.07, 6.45) is 7.15. The molecule has 0 aliphatic carbocycles. The summed E-state index contributed by atoms with van der Waals surface area (Å²) in [5.74, 6) is 0.0887. The number of piperidine rings is 1. The molecule has 11 heteroatoms. The van der Waals surface area contributed by atoms with Gasteiger partial charge in [0, 0.05) is 50.0 Å². The number of benzene rings is 1. The molecule has 2 aliphatic heterocycles. The van der Waals surface area contributed by atoms with Crippen molar-refractivity contribution in [1.82, 2.24) is 19.4 Å². The summed E-state index contributed by atoms with van der Waals surface area (Å²) in [5.41, 5.74) is 3.22. The van der Waals surface area contributed by atoms with Crippen LogP contribution < -0.4 is 15.0 Å². The number of carbonyl (C=O) groups is 2. The summed E-state index contributed by atoms with van der Waals surface area (Å²) in [4.78, 5) is 37.4. The lowest BCUT2D eigenvalue weighted by molar-refractivity contribution is -0.131. The van der Waals surface area contributed by atoms with Crippen LogP contribution in [0, 0.1) is 5.95 Å². The van der Waals surface area contributed by atoms with Crippen molar-refractivity contribution < 1.29 is 18.7 Å². The van der Waals surface area contributed by atoms with Crippen LogP contribution in [0.5, 0.6) is 5.75 Å². The van der Waals surface area contributed by atoms with Crippen LogP contribution in [0.4, 0.5) is 15.2 Å². The molecule has 0 unspecified atom stereocenters. The monoisotopic (exact) mass is 588 g/mol. The number of likely N-dealkylation sites (tertiary alicyclic amines) is 1. The fraction of sp³-hybridized carbons (Fsp3) is 0.355. The Morgan fingerprint density at radius 3 is 2.76 bits per heavy atom. The summed E-state index contributed by atoms with van der Waals surface area (Å²) in [5, 5.41) is 5.49. The highest BCUT2D eigenvalue weighted by Gasteiger charge is 2.29. The number of hydrogen-bond donors (Lipinski definition) is 1. The third-order valence-electron chi connectivity index (χ3n) is 7.84. The molecule has 42 heavy (non-hydrogen) atoms. The van der Waals surface area contributed by atoms with Crippen LogP contribution in [0.1, 0.15) is 60.4 Å². The highest BCUT2D eigenvalue weighted by atomic mass is 32.1. The highest BCUT2D eigenvalue weighted by Crippen LogP contribution is 2.38. The van der Waals surface area contributed by atoms with E-state index in [-0.39, 0.29) is 24.0 Å². The van der Waals surface area contributed by atoms with Gasteiger partial charge in [-0.3, -0.25) is 14.9 Å². The predicted molar refractivity (Wildman–Crippen MR) is 159 cm³/mol. The third kappa shape index (κ3) is 6.30.